The number of fused-ring (bicyclic) bond motifs is 5. The van der Waals surface area contributed by atoms with Gasteiger partial charge < -0.3 is 0 Å². The van der Waals surface area contributed by atoms with E-state index in [1.165, 1.54) is 21.4 Å². The van der Waals surface area contributed by atoms with Crippen molar-refractivity contribution < 1.29 is 0 Å². The maximum absolute atomic E-state index is 4.23. The highest BCUT2D eigenvalue weighted by Crippen LogP contribution is 2.39. The molecule has 3 nitrogen and oxygen atoms in total. The SMILES string of the molecule is Cc1nnc2n1-c1ccc3ccccc3c1SC2. The Morgan fingerprint density at radius 2 is 2.00 bits per heavy atom. The second kappa shape index (κ2) is 3.59. The minimum Gasteiger partial charge on any atom is -0.281 e. The van der Waals surface area contributed by atoms with Crippen LogP contribution >= 0.6 is 11.8 Å². The molecule has 0 aliphatic carbocycles. The summed E-state index contributed by atoms with van der Waals surface area (Å²) in [7, 11) is 0. The van der Waals surface area contributed by atoms with Gasteiger partial charge in [-0.3, -0.25) is 4.57 Å². The monoisotopic (exact) mass is 253 g/mol. The molecule has 2 heterocycles. The zero-order valence-electron chi connectivity index (χ0n) is 9.92. The molecule has 4 heteroatoms. The normalized spacial score (nSPS) is 13.4. The highest BCUT2D eigenvalue weighted by Gasteiger charge is 2.21. The number of thioether (sulfide) groups is 1. The first-order valence-corrected chi connectivity index (χ1v) is 6.89. The third kappa shape index (κ3) is 1.26. The van der Waals surface area contributed by atoms with Crippen LogP contribution in [0.3, 0.4) is 0 Å². The minimum absolute atomic E-state index is 0.891. The smallest absolute Gasteiger partial charge is 0.148 e. The number of aromatic nitrogens is 3. The van der Waals surface area contributed by atoms with Crippen molar-refractivity contribution in [1.82, 2.24) is 14.8 Å². The first-order valence-electron chi connectivity index (χ1n) is 5.90. The molecule has 0 N–H and O–H groups in total. The summed E-state index contributed by atoms with van der Waals surface area (Å²) in [6, 6.07) is 12.9. The van der Waals surface area contributed by atoms with Gasteiger partial charge in [0, 0.05) is 4.90 Å². The van der Waals surface area contributed by atoms with E-state index in [0.717, 1.165) is 17.4 Å². The molecule has 0 unspecified atom stereocenters. The number of rotatable bonds is 0. The van der Waals surface area contributed by atoms with Gasteiger partial charge in [0.15, 0.2) is 0 Å². The van der Waals surface area contributed by atoms with Crippen molar-refractivity contribution in [3.63, 3.8) is 0 Å². The van der Waals surface area contributed by atoms with Gasteiger partial charge in [0.05, 0.1) is 11.4 Å². The topological polar surface area (TPSA) is 30.7 Å². The molecular formula is C14H11N3S. The first-order chi connectivity index (χ1) is 8.84. The van der Waals surface area contributed by atoms with Gasteiger partial charge in [-0.05, 0) is 23.8 Å². The molecule has 0 bridgehead atoms. The fraction of sp³-hybridized carbons (Fsp3) is 0.143. The molecule has 4 rings (SSSR count). The van der Waals surface area contributed by atoms with E-state index in [0.29, 0.717) is 0 Å². The Morgan fingerprint density at radius 1 is 1.11 bits per heavy atom. The van der Waals surface area contributed by atoms with Crippen molar-refractivity contribution in [2.75, 3.05) is 0 Å². The van der Waals surface area contributed by atoms with Crippen LogP contribution in [0, 0.1) is 6.92 Å². The molecular weight excluding hydrogens is 242 g/mol. The zero-order valence-corrected chi connectivity index (χ0v) is 10.7. The minimum atomic E-state index is 0.891. The summed E-state index contributed by atoms with van der Waals surface area (Å²) in [4.78, 5) is 1.34. The largest absolute Gasteiger partial charge is 0.281 e. The van der Waals surface area contributed by atoms with Crippen LogP contribution in [-0.4, -0.2) is 14.8 Å². The molecule has 0 radical (unpaired) electrons. The maximum atomic E-state index is 4.23. The number of hydrogen-bond donors (Lipinski definition) is 0. The highest BCUT2D eigenvalue weighted by molar-refractivity contribution is 7.99. The average Bonchev–Trinajstić information content (AvgIpc) is 2.80. The van der Waals surface area contributed by atoms with Gasteiger partial charge in [0.1, 0.15) is 11.6 Å². The summed E-state index contributed by atoms with van der Waals surface area (Å²) in [5.74, 6) is 2.89. The molecule has 0 spiro atoms. The molecule has 1 aliphatic heterocycles. The number of hydrogen-bond acceptors (Lipinski definition) is 3. The molecule has 1 aliphatic rings. The van der Waals surface area contributed by atoms with E-state index in [9.17, 15) is 0 Å². The number of aryl methyl sites for hydroxylation is 1. The summed E-state index contributed by atoms with van der Waals surface area (Å²) in [6.45, 7) is 2.01. The lowest BCUT2D eigenvalue weighted by atomic mass is 10.1. The Bertz CT molecular complexity index is 761. The van der Waals surface area contributed by atoms with Crippen LogP contribution in [-0.2, 0) is 5.75 Å². The standard InChI is InChI=1S/C14H11N3S/c1-9-15-16-13-8-18-14-11-5-3-2-4-10(11)6-7-12(14)17(9)13/h2-7H,8H2,1H3. The second-order valence-electron chi connectivity index (χ2n) is 4.42. The van der Waals surface area contributed by atoms with E-state index in [1.54, 1.807) is 0 Å². The second-order valence-corrected chi connectivity index (χ2v) is 5.41. The Hall–Kier alpha value is -1.81. The summed E-state index contributed by atoms with van der Waals surface area (Å²) < 4.78 is 2.16. The van der Waals surface area contributed by atoms with Crippen molar-refractivity contribution >= 4 is 22.5 Å². The third-order valence-electron chi connectivity index (χ3n) is 3.34. The molecule has 1 aromatic heterocycles. The molecule has 0 saturated heterocycles. The van der Waals surface area contributed by atoms with Crippen LogP contribution in [0.2, 0.25) is 0 Å². The molecule has 18 heavy (non-hydrogen) atoms. The van der Waals surface area contributed by atoms with Crippen molar-refractivity contribution in [3.8, 4) is 5.69 Å². The molecule has 2 aromatic carbocycles. The van der Waals surface area contributed by atoms with E-state index in [4.69, 9.17) is 0 Å². The van der Waals surface area contributed by atoms with Crippen LogP contribution in [0.25, 0.3) is 16.5 Å². The first kappa shape index (κ1) is 10.1. The van der Waals surface area contributed by atoms with Crippen LogP contribution < -0.4 is 0 Å². The fourth-order valence-electron chi connectivity index (χ4n) is 2.51. The number of nitrogens with zero attached hydrogens (tertiary/aromatic N) is 3. The van der Waals surface area contributed by atoms with Crippen molar-refractivity contribution in [2.24, 2.45) is 0 Å². The van der Waals surface area contributed by atoms with Gasteiger partial charge in [-0.1, -0.05) is 30.3 Å². The van der Waals surface area contributed by atoms with Gasteiger partial charge in [-0.15, -0.1) is 22.0 Å². The van der Waals surface area contributed by atoms with Crippen LogP contribution in [0.4, 0.5) is 0 Å². The fourth-order valence-corrected chi connectivity index (χ4v) is 3.62. The molecule has 0 fully saturated rings. The van der Waals surface area contributed by atoms with E-state index in [-0.39, 0.29) is 0 Å². The lowest BCUT2D eigenvalue weighted by molar-refractivity contribution is 0.899. The molecule has 3 aromatic rings. The molecule has 0 saturated carbocycles. The van der Waals surface area contributed by atoms with E-state index < -0.39 is 0 Å². The van der Waals surface area contributed by atoms with Crippen molar-refractivity contribution in [2.45, 2.75) is 17.6 Å². The molecule has 88 valence electrons. The summed E-state index contributed by atoms with van der Waals surface area (Å²) in [6.07, 6.45) is 0. The summed E-state index contributed by atoms with van der Waals surface area (Å²) in [5.41, 5.74) is 1.21. The van der Waals surface area contributed by atoms with E-state index in [2.05, 4.69) is 51.2 Å². The van der Waals surface area contributed by atoms with Gasteiger partial charge in [0.25, 0.3) is 0 Å². The highest BCUT2D eigenvalue weighted by atomic mass is 32.2. The quantitative estimate of drug-likeness (QED) is 0.615. The summed E-state index contributed by atoms with van der Waals surface area (Å²) >= 11 is 1.85. The van der Waals surface area contributed by atoms with Crippen LogP contribution in [0.15, 0.2) is 41.3 Å². The van der Waals surface area contributed by atoms with Crippen molar-refractivity contribution in [1.29, 1.82) is 0 Å². The van der Waals surface area contributed by atoms with E-state index in [1.807, 2.05) is 18.7 Å². The zero-order chi connectivity index (χ0) is 12.1. The van der Waals surface area contributed by atoms with Gasteiger partial charge >= 0.3 is 0 Å². The predicted molar refractivity (Wildman–Crippen MR) is 73.2 cm³/mol. The lowest BCUT2D eigenvalue weighted by Crippen LogP contribution is -2.08. The lowest BCUT2D eigenvalue weighted by Gasteiger charge is -2.19. The average molecular weight is 253 g/mol. The predicted octanol–water partition coefficient (Wildman–Crippen LogP) is 3.33. The number of benzene rings is 2. The third-order valence-corrected chi connectivity index (χ3v) is 4.46. The van der Waals surface area contributed by atoms with E-state index >= 15 is 0 Å². The van der Waals surface area contributed by atoms with Gasteiger partial charge in [-0.25, -0.2) is 0 Å². The molecule has 0 amide bonds. The maximum Gasteiger partial charge on any atom is 0.148 e. The van der Waals surface area contributed by atoms with Crippen LogP contribution in [0.5, 0.6) is 0 Å². The van der Waals surface area contributed by atoms with Crippen molar-refractivity contribution in [3.05, 3.63) is 48.0 Å². The van der Waals surface area contributed by atoms with Gasteiger partial charge in [-0.2, -0.15) is 0 Å². The Kier molecular flexibility index (Phi) is 2.02. The Balaban J connectivity index is 2.11. The Morgan fingerprint density at radius 3 is 2.94 bits per heavy atom. The molecule has 0 atom stereocenters. The summed E-state index contributed by atoms with van der Waals surface area (Å²) in [5, 5.41) is 11.0. The van der Waals surface area contributed by atoms with Crippen LogP contribution in [0.1, 0.15) is 11.6 Å². The van der Waals surface area contributed by atoms with Gasteiger partial charge in [0.2, 0.25) is 0 Å². The Labute approximate surface area is 109 Å².